The Labute approximate surface area is 187 Å². The number of anilines is 1. The topological polar surface area (TPSA) is 84.4 Å². The predicted molar refractivity (Wildman–Crippen MR) is 120 cm³/mol. The Bertz CT molecular complexity index is 938. The molecule has 166 valence electrons. The number of hydrogen-bond acceptors (Lipinski definition) is 6. The van der Waals surface area contributed by atoms with Crippen molar-refractivity contribution >= 4 is 28.3 Å². The zero-order valence-corrected chi connectivity index (χ0v) is 19.0. The highest BCUT2D eigenvalue weighted by Crippen LogP contribution is 2.49. The maximum Gasteiger partial charge on any atom is 0.254 e. The lowest BCUT2D eigenvalue weighted by atomic mass is 9.65. The molecule has 31 heavy (non-hydrogen) atoms. The molecule has 1 aliphatic heterocycles. The van der Waals surface area contributed by atoms with Crippen LogP contribution in [0.5, 0.6) is 0 Å². The minimum Gasteiger partial charge on any atom is -0.383 e. The maximum atomic E-state index is 13.8. The summed E-state index contributed by atoms with van der Waals surface area (Å²) in [5, 5.41) is 12.9. The number of carbonyl (C=O) groups excluding carboxylic acids is 2. The van der Waals surface area contributed by atoms with Gasteiger partial charge in [0.2, 0.25) is 11.0 Å². The summed E-state index contributed by atoms with van der Waals surface area (Å²) in [6.07, 6.45) is 6.59. The standard InChI is InChI=1S/C23H30N4O3S/c1-3-9-18-25-26-22(31-18)24-20(28)19-16-10-5-6-11-17(16)21(29)27(14-15-30-2)23(19)12-7-4-8-13-23/h5-6,10-11,19H,3-4,7-9,12-15H2,1-2H3,(H,24,26,28)/t19-/m1/s1. The van der Waals surface area contributed by atoms with E-state index in [1.165, 1.54) is 11.3 Å². The van der Waals surface area contributed by atoms with E-state index in [0.29, 0.717) is 23.8 Å². The highest BCUT2D eigenvalue weighted by atomic mass is 32.1. The van der Waals surface area contributed by atoms with E-state index in [1.807, 2.05) is 29.2 Å². The number of nitrogens with zero attached hydrogens (tertiary/aromatic N) is 3. The van der Waals surface area contributed by atoms with Crippen molar-refractivity contribution < 1.29 is 14.3 Å². The highest BCUT2D eigenvalue weighted by molar-refractivity contribution is 7.15. The van der Waals surface area contributed by atoms with E-state index in [1.54, 1.807) is 7.11 Å². The van der Waals surface area contributed by atoms with E-state index in [0.717, 1.165) is 55.5 Å². The van der Waals surface area contributed by atoms with E-state index in [4.69, 9.17) is 4.74 Å². The Morgan fingerprint density at radius 3 is 2.77 bits per heavy atom. The fourth-order valence-electron chi connectivity index (χ4n) is 5.15. The molecule has 2 aliphatic rings. The van der Waals surface area contributed by atoms with Gasteiger partial charge in [-0.05, 0) is 30.9 Å². The number of aryl methyl sites for hydroxylation is 1. The molecule has 1 N–H and O–H groups in total. The summed E-state index contributed by atoms with van der Waals surface area (Å²) in [6.45, 7) is 3.02. The summed E-state index contributed by atoms with van der Waals surface area (Å²) < 4.78 is 5.32. The van der Waals surface area contributed by atoms with Gasteiger partial charge >= 0.3 is 0 Å². The third-order valence-electron chi connectivity index (χ3n) is 6.48. The number of amides is 2. The van der Waals surface area contributed by atoms with Crippen LogP contribution in [0, 0.1) is 0 Å². The van der Waals surface area contributed by atoms with Crippen LogP contribution in [-0.4, -0.2) is 52.7 Å². The molecule has 2 aromatic rings. The van der Waals surface area contributed by atoms with Gasteiger partial charge < -0.3 is 9.64 Å². The lowest BCUT2D eigenvalue weighted by Crippen LogP contribution is -2.62. The smallest absolute Gasteiger partial charge is 0.254 e. The Morgan fingerprint density at radius 2 is 2.03 bits per heavy atom. The largest absolute Gasteiger partial charge is 0.383 e. The second kappa shape index (κ2) is 9.44. The molecule has 1 aromatic carbocycles. The predicted octanol–water partition coefficient (Wildman–Crippen LogP) is 4.02. The van der Waals surface area contributed by atoms with Gasteiger partial charge in [-0.3, -0.25) is 14.9 Å². The third-order valence-corrected chi connectivity index (χ3v) is 7.38. The molecular formula is C23H30N4O3S. The molecule has 0 unspecified atom stereocenters. The Kier molecular flexibility index (Phi) is 6.67. The molecule has 1 aliphatic carbocycles. The van der Waals surface area contributed by atoms with Gasteiger partial charge in [0, 0.05) is 25.6 Å². The summed E-state index contributed by atoms with van der Waals surface area (Å²) >= 11 is 1.43. The van der Waals surface area contributed by atoms with E-state index in [-0.39, 0.29) is 11.8 Å². The summed E-state index contributed by atoms with van der Waals surface area (Å²) in [4.78, 5) is 29.2. The Morgan fingerprint density at radius 1 is 1.26 bits per heavy atom. The second-order valence-corrected chi connectivity index (χ2v) is 9.44. The number of carbonyl (C=O) groups is 2. The summed E-state index contributed by atoms with van der Waals surface area (Å²) in [6, 6.07) is 7.54. The number of methoxy groups -OCH3 is 1. The first-order valence-electron chi connectivity index (χ1n) is 11.1. The molecule has 4 rings (SSSR count). The minimum atomic E-state index is -0.538. The maximum absolute atomic E-state index is 13.8. The fraction of sp³-hybridized carbons (Fsp3) is 0.565. The molecule has 1 atom stereocenters. The molecule has 8 heteroatoms. The molecule has 1 spiro atoms. The normalized spacial score (nSPS) is 20.0. The number of rotatable bonds is 7. The Balaban J connectivity index is 1.74. The first-order chi connectivity index (χ1) is 15.1. The van der Waals surface area contributed by atoms with Crippen molar-refractivity contribution in [3.8, 4) is 0 Å². The van der Waals surface area contributed by atoms with Crippen LogP contribution in [0.3, 0.4) is 0 Å². The van der Waals surface area contributed by atoms with Crippen molar-refractivity contribution in [1.82, 2.24) is 15.1 Å². The van der Waals surface area contributed by atoms with Crippen LogP contribution in [0.2, 0.25) is 0 Å². The van der Waals surface area contributed by atoms with Crippen LogP contribution in [0.15, 0.2) is 24.3 Å². The summed E-state index contributed by atoms with van der Waals surface area (Å²) in [7, 11) is 1.64. The van der Waals surface area contributed by atoms with Crippen molar-refractivity contribution in [2.24, 2.45) is 0 Å². The molecule has 7 nitrogen and oxygen atoms in total. The summed E-state index contributed by atoms with van der Waals surface area (Å²) in [5.74, 6) is -0.555. The monoisotopic (exact) mass is 442 g/mol. The van der Waals surface area contributed by atoms with Gasteiger partial charge in [0.25, 0.3) is 5.91 Å². The average molecular weight is 443 g/mol. The SMILES string of the molecule is CCCc1nnc(NC(=O)[C@H]2c3ccccc3C(=O)N(CCOC)C23CCCCC3)s1. The van der Waals surface area contributed by atoms with E-state index >= 15 is 0 Å². The second-order valence-electron chi connectivity index (χ2n) is 8.37. The van der Waals surface area contributed by atoms with Crippen LogP contribution in [0.4, 0.5) is 5.13 Å². The van der Waals surface area contributed by atoms with Crippen molar-refractivity contribution in [3.63, 3.8) is 0 Å². The number of nitrogens with one attached hydrogen (secondary N) is 1. The average Bonchev–Trinajstić information content (AvgIpc) is 3.21. The van der Waals surface area contributed by atoms with E-state index in [2.05, 4.69) is 22.4 Å². The van der Waals surface area contributed by atoms with Crippen molar-refractivity contribution in [1.29, 1.82) is 0 Å². The van der Waals surface area contributed by atoms with Gasteiger partial charge in [-0.2, -0.15) is 0 Å². The lowest BCUT2D eigenvalue weighted by molar-refractivity contribution is -0.122. The van der Waals surface area contributed by atoms with Crippen LogP contribution in [-0.2, 0) is 16.0 Å². The Hall–Kier alpha value is -2.32. The number of hydrogen-bond donors (Lipinski definition) is 1. The highest BCUT2D eigenvalue weighted by Gasteiger charge is 2.54. The molecule has 1 fully saturated rings. The van der Waals surface area contributed by atoms with Gasteiger partial charge in [0.15, 0.2) is 0 Å². The zero-order valence-electron chi connectivity index (χ0n) is 18.2. The molecule has 0 bridgehead atoms. The quantitative estimate of drug-likeness (QED) is 0.700. The molecule has 2 amide bonds. The molecule has 1 aromatic heterocycles. The van der Waals surface area contributed by atoms with Crippen molar-refractivity contribution in [3.05, 3.63) is 40.4 Å². The molecule has 0 radical (unpaired) electrons. The third kappa shape index (κ3) is 4.11. The number of aromatic nitrogens is 2. The van der Waals surface area contributed by atoms with Crippen LogP contribution >= 0.6 is 11.3 Å². The first kappa shape index (κ1) is 21.9. The van der Waals surface area contributed by atoms with Crippen molar-refractivity contribution in [2.45, 2.75) is 63.3 Å². The van der Waals surface area contributed by atoms with E-state index < -0.39 is 11.5 Å². The van der Waals surface area contributed by atoms with Crippen LogP contribution in [0.1, 0.15) is 72.3 Å². The first-order valence-corrected chi connectivity index (χ1v) is 12.0. The lowest BCUT2D eigenvalue weighted by Gasteiger charge is -2.53. The van der Waals surface area contributed by atoms with Crippen molar-refractivity contribution in [2.75, 3.05) is 25.6 Å². The number of ether oxygens (including phenoxy) is 1. The van der Waals surface area contributed by atoms with Gasteiger partial charge in [0.1, 0.15) is 5.01 Å². The molecule has 1 saturated carbocycles. The minimum absolute atomic E-state index is 0.000234. The number of fused-ring (bicyclic) bond motifs is 1. The fourth-order valence-corrected chi connectivity index (χ4v) is 5.99. The van der Waals surface area contributed by atoms with E-state index in [9.17, 15) is 9.59 Å². The van der Waals surface area contributed by atoms with Gasteiger partial charge in [-0.25, -0.2) is 0 Å². The molecular weight excluding hydrogens is 412 g/mol. The number of benzene rings is 1. The summed E-state index contributed by atoms with van der Waals surface area (Å²) in [5.41, 5.74) is 0.890. The van der Waals surface area contributed by atoms with Gasteiger partial charge in [-0.1, -0.05) is 55.7 Å². The zero-order chi connectivity index (χ0) is 21.8. The van der Waals surface area contributed by atoms with Gasteiger partial charge in [0.05, 0.1) is 18.1 Å². The molecule has 0 saturated heterocycles. The van der Waals surface area contributed by atoms with Crippen LogP contribution in [0.25, 0.3) is 0 Å². The molecule has 2 heterocycles. The van der Waals surface area contributed by atoms with Crippen LogP contribution < -0.4 is 5.32 Å². The van der Waals surface area contributed by atoms with Gasteiger partial charge in [-0.15, -0.1) is 10.2 Å².